The average molecular weight is 370 g/mol. The summed E-state index contributed by atoms with van der Waals surface area (Å²) in [6, 6.07) is 13.2. The zero-order valence-corrected chi connectivity index (χ0v) is 15.4. The highest BCUT2D eigenvalue weighted by Crippen LogP contribution is 2.27. The van der Waals surface area contributed by atoms with E-state index in [4.69, 9.17) is 4.52 Å². The molecule has 0 fully saturated rings. The van der Waals surface area contributed by atoms with Gasteiger partial charge in [0.05, 0.1) is 10.6 Å². The standard InChI is InChI=1S/C19H18N2O4S/c1-12-7-8-16(18-9-13(2)20-25-18)11-19(12)26(23,24)21-17-6-4-5-15(10-17)14(3)22/h4-11,21H,1-3H3. The van der Waals surface area contributed by atoms with Crippen LogP contribution < -0.4 is 4.72 Å². The van der Waals surface area contributed by atoms with E-state index in [1.54, 1.807) is 56.3 Å². The van der Waals surface area contributed by atoms with Gasteiger partial charge >= 0.3 is 0 Å². The molecule has 3 aromatic rings. The van der Waals surface area contributed by atoms with E-state index in [9.17, 15) is 13.2 Å². The Kier molecular flexibility index (Phi) is 4.65. The maximum absolute atomic E-state index is 12.9. The lowest BCUT2D eigenvalue weighted by Crippen LogP contribution is -2.14. The predicted octanol–water partition coefficient (Wildman–Crippen LogP) is 3.96. The van der Waals surface area contributed by atoms with Gasteiger partial charge in [-0.15, -0.1) is 0 Å². The van der Waals surface area contributed by atoms with Crippen LogP contribution in [0.1, 0.15) is 28.5 Å². The third-order valence-electron chi connectivity index (χ3n) is 3.91. The van der Waals surface area contributed by atoms with E-state index < -0.39 is 10.0 Å². The summed E-state index contributed by atoms with van der Waals surface area (Å²) in [5.41, 5.74) is 2.70. The number of ketones is 1. The highest BCUT2D eigenvalue weighted by Gasteiger charge is 2.19. The molecule has 0 aliphatic carbocycles. The molecule has 0 unspecified atom stereocenters. The third kappa shape index (κ3) is 3.67. The molecule has 0 amide bonds. The first-order valence-corrected chi connectivity index (χ1v) is 9.43. The SMILES string of the molecule is CC(=O)c1cccc(NS(=O)(=O)c2cc(-c3cc(C)no3)ccc2C)c1. The van der Waals surface area contributed by atoms with Gasteiger partial charge in [0, 0.05) is 22.9 Å². The molecule has 0 bridgehead atoms. The molecule has 0 radical (unpaired) electrons. The number of sulfonamides is 1. The molecule has 3 rings (SSSR count). The Bertz CT molecular complexity index is 1080. The first kappa shape index (κ1) is 17.9. The molecule has 0 spiro atoms. The molecule has 26 heavy (non-hydrogen) atoms. The summed E-state index contributed by atoms with van der Waals surface area (Å²) in [5, 5.41) is 3.83. The van der Waals surface area contributed by atoms with Crippen molar-refractivity contribution >= 4 is 21.5 Å². The normalized spacial score (nSPS) is 11.3. The number of hydrogen-bond donors (Lipinski definition) is 1. The van der Waals surface area contributed by atoms with Crippen LogP contribution in [0.3, 0.4) is 0 Å². The van der Waals surface area contributed by atoms with Crippen LogP contribution in [0.25, 0.3) is 11.3 Å². The molecule has 1 heterocycles. The Morgan fingerprint density at radius 2 is 1.85 bits per heavy atom. The highest BCUT2D eigenvalue weighted by molar-refractivity contribution is 7.92. The van der Waals surface area contributed by atoms with Crippen molar-refractivity contribution in [3.8, 4) is 11.3 Å². The quantitative estimate of drug-likeness (QED) is 0.687. The fourth-order valence-electron chi connectivity index (χ4n) is 2.55. The van der Waals surface area contributed by atoms with E-state index in [-0.39, 0.29) is 10.7 Å². The zero-order chi connectivity index (χ0) is 18.9. The molecule has 7 heteroatoms. The van der Waals surface area contributed by atoms with Gasteiger partial charge in [-0.25, -0.2) is 8.42 Å². The summed E-state index contributed by atoms with van der Waals surface area (Å²) in [5.74, 6) is 0.363. The lowest BCUT2D eigenvalue weighted by atomic mass is 10.1. The van der Waals surface area contributed by atoms with Gasteiger partial charge in [-0.3, -0.25) is 9.52 Å². The lowest BCUT2D eigenvalue weighted by Gasteiger charge is -2.12. The second-order valence-electron chi connectivity index (χ2n) is 6.06. The van der Waals surface area contributed by atoms with Gasteiger partial charge in [0.1, 0.15) is 0 Å². The van der Waals surface area contributed by atoms with Crippen LogP contribution in [0.2, 0.25) is 0 Å². The minimum absolute atomic E-state index is 0.134. The van der Waals surface area contributed by atoms with Crippen LogP contribution in [0.5, 0.6) is 0 Å². The largest absolute Gasteiger partial charge is 0.356 e. The lowest BCUT2D eigenvalue weighted by molar-refractivity contribution is 0.101. The molecule has 0 aliphatic rings. The van der Waals surface area contributed by atoms with Crippen LogP contribution in [-0.2, 0) is 10.0 Å². The van der Waals surface area contributed by atoms with Gasteiger partial charge in [0.15, 0.2) is 11.5 Å². The number of anilines is 1. The number of rotatable bonds is 5. The number of aromatic nitrogens is 1. The minimum Gasteiger partial charge on any atom is -0.356 e. The topological polar surface area (TPSA) is 89.3 Å². The Labute approximate surface area is 151 Å². The molecule has 2 aromatic carbocycles. The van der Waals surface area contributed by atoms with Gasteiger partial charge in [0.2, 0.25) is 0 Å². The second-order valence-corrected chi connectivity index (χ2v) is 7.71. The van der Waals surface area contributed by atoms with Gasteiger partial charge < -0.3 is 4.52 Å². The average Bonchev–Trinajstić information content (AvgIpc) is 3.01. The van der Waals surface area contributed by atoms with Crippen LogP contribution >= 0.6 is 0 Å². The molecule has 1 N–H and O–H groups in total. The summed E-state index contributed by atoms with van der Waals surface area (Å²) in [4.78, 5) is 11.6. The van der Waals surface area contributed by atoms with E-state index >= 15 is 0 Å². The molecular formula is C19H18N2O4S. The number of carbonyl (C=O) groups excluding carboxylic acids is 1. The molecule has 0 atom stereocenters. The monoisotopic (exact) mass is 370 g/mol. The van der Waals surface area contributed by atoms with Crippen LogP contribution in [-0.4, -0.2) is 19.4 Å². The summed E-state index contributed by atoms with van der Waals surface area (Å²) >= 11 is 0. The fraction of sp³-hybridized carbons (Fsp3) is 0.158. The number of carbonyl (C=O) groups is 1. The number of nitrogens with one attached hydrogen (secondary N) is 1. The minimum atomic E-state index is -3.83. The van der Waals surface area contributed by atoms with E-state index in [0.717, 1.165) is 0 Å². The van der Waals surface area contributed by atoms with Gasteiger partial charge in [0.25, 0.3) is 10.0 Å². The number of Topliss-reactive ketones (excluding diaryl/α,β-unsaturated/α-hetero) is 1. The zero-order valence-electron chi connectivity index (χ0n) is 14.6. The van der Waals surface area contributed by atoms with E-state index in [2.05, 4.69) is 9.88 Å². The first-order chi connectivity index (χ1) is 12.3. The number of hydrogen-bond acceptors (Lipinski definition) is 5. The van der Waals surface area contributed by atoms with Crippen molar-refractivity contribution in [1.82, 2.24) is 5.16 Å². The Balaban J connectivity index is 1.99. The van der Waals surface area contributed by atoms with E-state index in [0.29, 0.717) is 33.8 Å². The maximum Gasteiger partial charge on any atom is 0.262 e. The predicted molar refractivity (Wildman–Crippen MR) is 98.7 cm³/mol. The highest BCUT2D eigenvalue weighted by atomic mass is 32.2. The summed E-state index contributed by atoms with van der Waals surface area (Å²) in [6.07, 6.45) is 0. The molecule has 0 aliphatic heterocycles. The molecule has 0 saturated heterocycles. The Morgan fingerprint density at radius 1 is 1.08 bits per heavy atom. The van der Waals surface area contributed by atoms with Gasteiger partial charge in [-0.2, -0.15) is 0 Å². The van der Waals surface area contributed by atoms with E-state index in [1.165, 1.54) is 13.0 Å². The maximum atomic E-state index is 12.9. The van der Waals surface area contributed by atoms with Gasteiger partial charge in [-0.05, 0) is 44.5 Å². The molecule has 134 valence electrons. The number of aryl methyl sites for hydroxylation is 2. The molecular weight excluding hydrogens is 352 g/mol. The molecule has 0 saturated carbocycles. The number of benzene rings is 2. The van der Waals surface area contributed by atoms with Crippen molar-refractivity contribution in [1.29, 1.82) is 0 Å². The van der Waals surface area contributed by atoms with Crippen LogP contribution in [0, 0.1) is 13.8 Å². The summed E-state index contributed by atoms with van der Waals surface area (Å²) < 4.78 is 33.4. The van der Waals surface area contributed by atoms with E-state index in [1.807, 2.05) is 0 Å². The fourth-order valence-corrected chi connectivity index (χ4v) is 3.88. The van der Waals surface area contributed by atoms with Crippen molar-refractivity contribution in [3.63, 3.8) is 0 Å². The number of nitrogens with zero attached hydrogens (tertiary/aromatic N) is 1. The Morgan fingerprint density at radius 3 is 2.50 bits per heavy atom. The van der Waals surface area contributed by atoms with Crippen molar-refractivity contribution in [2.45, 2.75) is 25.7 Å². The first-order valence-electron chi connectivity index (χ1n) is 7.94. The smallest absolute Gasteiger partial charge is 0.262 e. The van der Waals surface area contributed by atoms with Crippen molar-refractivity contribution in [2.75, 3.05) is 4.72 Å². The van der Waals surface area contributed by atoms with Crippen molar-refractivity contribution in [3.05, 3.63) is 65.4 Å². The molecule has 6 nitrogen and oxygen atoms in total. The van der Waals surface area contributed by atoms with Crippen molar-refractivity contribution in [2.24, 2.45) is 0 Å². The van der Waals surface area contributed by atoms with Crippen molar-refractivity contribution < 1.29 is 17.7 Å². The summed E-state index contributed by atoms with van der Waals surface area (Å²) in [6.45, 7) is 4.94. The Hall–Kier alpha value is -2.93. The van der Waals surface area contributed by atoms with Crippen LogP contribution in [0.15, 0.2) is 57.9 Å². The summed E-state index contributed by atoms with van der Waals surface area (Å²) in [7, 11) is -3.83. The van der Waals surface area contributed by atoms with Gasteiger partial charge in [-0.1, -0.05) is 29.4 Å². The van der Waals surface area contributed by atoms with Crippen LogP contribution in [0.4, 0.5) is 5.69 Å². The third-order valence-corrected chi connectivity index (χ3v) is 5.43. The second kappa shape index (κ2) is 6.76. The molecule has 1 aromatic heterocycles.